The highest BCUT2D eigenvalue weighted by Crippen LogP contribution is 2.20. The van der Waals surface area contributed by atoms with E-state index >= 15 is 0 Å². The predicted octanol–water partition coefficient (Wildman–Crippen LogP) is 1.85. The van der Waals surface area contributed by atoms with Crippen LogP contribution in [-0.4, -0.2) is 51.7 Å². The van der Waals surface area contributed by atoms with Gasteiger partial charge in [0.15, 0.2) is 5.96 Å². The maximum absolute atomic E-state index is 11.5. The quantitative estimate of drug-likeness (QED) is 0.367. The van der Waals surface area contributed by atoms with E-state index in [2.05, 4.69) is 10.3 Å². The molecule has 0 aliphatic carbocycles. The molecule has 0 radical (unpaired) electrons. The monoisotopic (exact) mass is 482 g/mol. The van der Waals surface area contributed by atoms with E-state index in [1.165, 1.54) is 10.6 Å². The second-order valence-corrected chi connectivity index (χ2v) is 8.03. The van der Waals surface area contributed by atoms with Crippen molar-refractivity contribution in [3.05, 3.63) is 29.8 Å². The number of halogens is 1. The van der Waals surface area contributed by atoms with Crippen LogP contribution in [0.4, 0.5) is 5.69 Å². The first-order chi connectivity index (χ1) is 11.4. The summed E-state index contributed by atoms with van der Waals surface area (Å²) < 4.78 is 29.7. The molecule has 2 rings (SSSR count). The number of nitrogens with zero attached hydrogens (tertiary/aromatic N) is 2. The van der Waals surface area contributed by atoms with Crippen molar-refractivity contribution in [1.29, 1.82) is 0 Å². The lowest BCUT2D eigenvalue weighted by molar-refractivity contribution is 0.185. The highest BCUT2D eigenvalue weighted by Gasteiger charge is 2.24. The third-order valence-corrected chi connectivity index (χ3v) is 5.45. The number of piperidine rings is 1. The fourth-order valence-corrected chi connectivity index (χ4v) is 3.63. The van der Waals surface area contributed by atoms with Gasteiger partial charge in [-0.25, -0.2) is 12.7 Å². The number of benzene rings is 1. The van der Waals surface area contributed by atoms with Crippen molar-refractivity contribution in [3.8, 4) is 0 Å². The summed E-state index contributed by atoms with van der Waals surface area (Å²) in [4.78, 5) is 4.41. The minimum atomic E-state index is -3.08. The largest absolute Gasteiger partial charge is 0.380 e. The zero-order chi connectivity index (χ0) is 17.6. The van der Waals surface area contributed by atoms with Crippen molar-refractivity contribution in [3.63, 3.8) is 0 Å². The Morgan fingerprint density at radius 1 is 1.36 bits per heavy atom. The number of ether oxygens (including phenoxy) is 1. The summed E-state index contributed by atoms with van der Waals surface area (Å²) in [5.74, 6) is 0.724. The zero-order valence-electron chi connectivity index (χ0n) is 14.6. The van der Waals surface area contributed by atoms with Crippen LogP contribution in [0.5, 0.6) is 0 Å². The van der Waals surface area contributed by atoms with Gasteiger partial charge in [-0.05, 0) is 24.8 Å². The molecule has 25 heavy (non-hydrogen) atoms. The maximum atomic E-state index is 11.5. The molecular formula is C16H27IN4O3S. The van der Waals surface area contributed by atoms with Gasteiger partial charge in [0.05, 0.1) is 12.9 Å². The lowest BCUT2D eigenvalue weighted by Crippen LogP contribution is -2.38. The average Bonchev–Trinajstić information content (AvgIpc) is 2.55. The SMILES string of the molecule is COCc1ccccc1NC(N)=NCC1CCN(S(C)(=O)=O)CC1.I. The Bertz CT molecular complexity index is 674. The number of aliphatic imine (C=N–C) groups is 1. The summed E-state index contributed by atoms with van der Waals surface area (Å²) in [5, 5.41) is 3.11. The van der Waals surface area contributed by atoms with Gasteiger partial charge in [-0.1, -0.05) is 18.2 Å². The fourth-order valence-electron chi connectivity index (χ4n) is 2.75. The van der Waals surface area contributed by atoms with E-state index in [0.717, 1.165) is 24.1 Å². The molecular weight excluding hydrogens is 455 g/mol. The average molecular weight is 482 g/mol. The van der Waals surface area contributed by atoms with Gasteiger partial charge in [-0.3, -0.25) is 4.99 Å². The van der Waals surface area contributed by atoms with Gasteiger partial charge in [0.25, 0.3) is 0 Å². The molecule has 1 aliphatic rings. The highest BCUT2D eigenvalue weighted by molar-refractivity contribution is 14.0. The molecule has 0 amide bonds. The Morgan fingerprint density at radius 3 is 2.60 bits per heavy atom. The van der Waals surface area contributed by atoms with Crippen LogP contribution in [0.2, 0.25) is 0 Å². The van der Waals surface area contributed by atoms with Gasteiger partial charge < -0.3 is 15.8 Å². The summed E-state index contributed by atoms with van der Waals surface area (Å²) >= 11 is 0. The van der Waals surface area contributed by atoms with E-state index in [9.17, 15) is 8.42 Å². The van der Waals surface area contributed by atoms with Gasteiger partial charge >= 0.3 is 0 Å². The third-order valence-electron chi connectivity index (χ3n) is 4.14. The van der Waals surface area contributed by atoms with Gasteiger partial charge in [-0.15, -0.1) is 24.0 Å². The predicted molar refractivity (Wildman–Crippen MR) is 112 cm³/mol. The van der Waals surface area contributed by atoms with Crippen molar-refractivity contribution in [2.24, 2.45) is 16.6 Å². The van der Waals surface area contributed by atoms with Gasteiger partial charge in [-0.2, -0.15) is 0 Å². The number of hydrogen-bond donors (Lipinski definition) is 2. The number of nitrogens with one attached hydrogen (secondary N) is 1. The molecule has 9 heteroatoms. The van der Waals surface area contributed by atoms with E-state index in [1.54, 1.807) is 7.11 Å². The van der Waals surface area contributed by atoms with Crippen LogP contribution in [0.3, 0.4) is 0 Å². The normalized spacial score (nSPS) is 17.1. The Balaban J connectivity index is 0.00000312. The van der Waals surface area contributed by atoms with Crippen LogP contribution >= 0.6 is 24.0 Å². The molecule has 0 atom stereocenters. The summed E-state index contributed by atoms with van der Waals surface area (Å²) in [6.45, 7) is 2.22. The van der Waals surface area contributed by atoms with Crippen molar-refractivity contribution in [2.45, 2.75) is 19.4 Å². The summed E-state index contributed by atoms with van der Waals surface area (Å²) in [7, 11) is -1.43. The number of guanidine groups is 1. The van der Waals surface area contributed by atoms with Crippen molar-refractivity contribution in [1.82, 2.24) is 4.31 Å². The first-order valence-electron chi connectivity index (χ1n) is 7.99. The standard InChI is InChI=1S/C16H26N4O3S.HI/c1-23-12-14-5-3-4-6-15(14)19-16(17)18-11-13-7-9-20(10-8-13)24(2,21)22;/h3-6,13H,7-12H2,1-2H3,(H3,17,18,19);1H. The number of nitrogens with two attached hydrogens (primary N) is 1. The molecule has 1 aliphatic heterocycles. The van der Waals surface area contributed by atoms with Crippen LogP contribution < -0.4 is 11.1 Å². The molecule has 3 N–H and O–H groups in total. The molecule has 7 nitrogen and oxygen atoms in total. The molecule has 0 unspecified atom stereocenters. The molecule has 0 saturated carbocycles. The third kappa shape index (κ3) is 7.08. The summed E-state index contributed by atoms with van der Waals surface area (Å²) in [6.07, 6.45) is 2.87. The number of para-hydroxylation sites is 1. The smallest absolute Gasteiger partial charge is 0.211 e. The molecule has 0 spiro atoms. The Morgan fingerprint density at radius 2 is 2.00 bits per heavy atom. The lowest BCUT2D eigenvalue weighted by atomic mass is 9.98. The van der Waals surface area contributed by atoms with E-state index in [0.29, 0.717) is 38.1 Å². The number of methoxy groups -OCH3 is 1. The van der Waals surface area contributed by atoms with E-state index in [-0.39, 0.29) is 24.0 Å². The molecule has 142 valence electrons. The first kappa shape index (κ1) is 22.1. The maximum Gasteiger partial charge on any atom is 0.211 e. The van der Waals surface area contributed by atoms with Crippen LogP contribution in [0.15, 0.2) is 29.3 Å². The molecule has 0 aromatic heterocycles. The minimum Gasteiger partial charge on any atom is -0.380 e. The van der Waals surface area contributed by atoms with Crippen LogP contribution in [0.25, 0.3) is 0 Å². The Labute approximate surface area is 167 Å². The number of hydrogen-bond acceptors (Lipinski definition) is 4. The Kier molecular flexibility index (Phi) is 9.11. The highest BCUT2D eigenvalue weighted by atomic mass is 127. The second kappa shape index (κ2) is 10.3. The molecule has 1 aromatic carbocycles. The molecule has 1 aromatic rings. The summed E-state index contributed by atoms with van der Waals surface area (Å²) in [6, 6.07) is 7.78. The van der Waals surface area contributed by atoms with Crippen LogP contribution in [0, 0.1) is 5.92 Å². The van der Waals surface area contributed by atoms with Crippen molar-refractivity contribution < 1.29 is 13.2 Å². The molecule has 0 bridgehead atoms. The van der Waals surface area contributed by atoms with Crippen molar-refractivity contribution >= 4 is 45.6 Å². The summed E-state index contributed by atoms with van der Waals surface area (Å²) in [5.41, 5.74) is 7.87. The number of sulfonamides is 1. The van der Waals surface area contributed by atoms with Crippen molar-refractivity contribution in [2.75, 3.05) is 38.3 Å². The number of rotatable bonds is 6. The first-order valence-corrected chi connectivity index (χ1v) is 9.84. The fraction of sp³-hybridized carbons (Fsp3) is 0.562. The second-order valence-electron chi connectivity index (χ2n) is 6.05. The van der Waals surface area contributed by atoms with Gasteiger partial charge in [0, 0.05) is 38.0 Å². The van der Waals surface area contributed by atoms with Crippen LogP contribution in [0.1, 0.15) is 18.4 Å². The molecule has 1 fully saturated rings. The molecule has 1 saturated heterocycles. The van der Waals surface area contributed by atoms with E-state index in [1.807, 2.05) is 24.3 Å². The minimum absolute atomic E-state index is 0. The van der Waals surface area contributed by atoms with Gasteiger partial charge in [0.1, 0.15) is 0 Å². The van der Waals surface area contributed by atoms with E-state index < -0.39 is 10.0 Å². The van der Waals surface area contributed by atoms with Gasteiger partial charge in [0.2, 0.25) is 10.0 Å². The Hall–Kier alpha value is -0.910. The van der Waals surface area contributed by atoms with E-state index in [4.69, 9.17) is 10.5 Å². The number of anilines is 1. The molecule has 1 heterocycles. The topological polar surface area (TPSA) is 97.0 Å². The zero-order valence-corrected chi connectivity index (χ0v) is 17.8. The lowest BCUT2D eigenvalue weighted by Gasteiger charge is -2.29. The van der Waals surface area contributed by atoms with Crippen LogP contribution in [-0.2, 0) is 21.4 Å².